The molecule has 5 nitrogen and oxygen atoms in total. The predicted molar refractivity (Wildman–Crippen MR) is 124 cm³/mol. The Hall–Kier alpha value is -1.86. The minimum atomic E-state index is -0.0655. The van der Waals surface area contributed by atoms with E-state index in [1.54, 1.807) is 36.3 Å². The molecule has 0 aliphatic carbocycles. The molecule has 2 aromatic carbocycles. The maximum Gasteiger partial charge on any atom is 0.260 e. The number of hydrogen-bond donors (Lipinski definition) is 0. The fourth-order valence-electron chi connectivity index (χ4n) is 2.98. The highest BCUT2D eigenvalue weighted by molar-refractivity contribution is 7.22. The molecule has 0 saturated heterocycles. The largest absolute Gasteiger partial charge is 0.497 e. The molecule has 0 aliphatic heterocycles. The van der Waals surface area contributed by atoms with Crippen molar-refractivity contribution in [3.8, 4) is 5.75 Å². The van der Waals surface area contributed by atoms with Crippen molar-refractivity contribution >= 4 is 56.6 Å². The zero-order valence-corrected chi connectivity index (χ0v) is 19.3. The van der Waals surface area contributed by atoms with Crippen LogP contribution < -0.4 is 9.64 Å². The molecule has 3 aromatic rings. The van der Waals surface area contributed by atoms with Crippen LogP contribution in [-0.2, 0) is 0 Å². The average molecular weight is 454 g/mol. The van der Waals surface area contributed by atoms with Gasteiger partial charge in [-0.2, -0.15) is 0 Å². The standard InChI is InChI=1S/C21H24ClN3O2S.ClH/c1-14-12-16(22)13-18-19(14)23-21(28-18)25(11-5-10-24(2)3)20(26)15-6-8-17(27-4)9-7-15;/h6-9,12-13H,5,10-11H2,1-4H3;1H. The van der Waals surface area contributed by atoms with Crippen LogP contribution in [0.25, 0.3) is 10.2 Å². The molecule has 1 heterocycles. The van der Waals surface area contributed by atoms with Crippen LogP contribution in [0.2, 0.25) is 5.02 Å². The number of ether oxygens (including phenoxy) is 1. The summed E-state index contributed by atoms with van der Waals surface area (Å²) in [5.41, 5.74) is 2.51. The Labute approximate surface area is 186 Å². The minimum Gasteiger partial charge on any atom is -0.497 e. The Kier molecular flexibility index (Phi) is 8.28. The number of benzene rings is 2. The minimum absolute atomic E-state index is 0. The summed E-state index contributed by atoms with van der Waals surface area (Å²) < 4.78 is 6.18. The van der Waals surface area contributed by atoms with Gasteiger partial charge in [-0.25, -0.2) is 4.98 Å². The summed E-state index contributed by atoms with van der Waals surface area (Å²) in [7, 11) is 5.66. The molecule has 156 valence electrons. The van der Waals surface area contributed by atoms with E-state index in [0.29, 0.717) is 22.3 Å². The van der Waals surface area contributed by atoms with E-state index in [1.165, 1.54) is 11.3 Å². The number of carbonyl (C=O) groups excluding carboxylic acids is 1. The number of amides is 1. The first-order valence-corrected chi connectivity index (χ1v) is 10.3. The van der Waals surface area contributed by atoms with Gasteiger partial charge in [0, 0.05) is 17.1 Å². The van der Waals surface area contributed by atoms with Crippen LogP contribution in [0.5, 0.6) is 5.75 Å². The first-order valence-electron chi connectivity index (χ1n) is 9.06. The van der Waals surface area contributed by atoms with Gasteiger partial charge in [-0.1, -0.05) is 22.9 Å². The highest BCUT2D eigenvalue weighted by atomic mass is 35.5. The Morgan fingerprint density at radius 1 is 1.17 bits per heavy atom. The van der Waals surface area contributed by atoms with Crippen molar-refractivity contribution < 1.29 is 9.53 Å². The van der Waals surface area contributed by atoms with Crippen molar-refractivity contribution in [2.45, 2.75) is 13.3 Å². The van der Waals surface area contributed by atoms with Crippen LogP contribution in [-0.4, -0.2) is 50.1 Å². The SMILES string of the molecule is COc1ccc(C(=O)N(CCCN(C)C)c2nc3c(C)cc(Cl)cc3s2)cc1.Cl. The van der Waals surface area contributed by atoms with Crippen molar-refractivity contribution in [3.05, 3.63) is 52.5 Å². The van der Waals surface area contributed by atoms with E-state index in [9.17, 15) is 4.79 Å². The van der Waals surface area contributed by atoms with Crippen molar-refractivity contribution in [2.75, 3.05) is 39.2 Å². The molecule has 0 aliphatic rings. The zero-order valence-electron chi connectivity index (χ0n) is 16.9. The number of aryl methyl sites for hydroxylation is 1. The van der Waals surface area contributed by atoms with E-state index in [4.69, 9.17) is 21.3 Å². The monoisotopic (exact) mass is 453 g/mol. The van der Waals surface area contributed by atoms with Crippen molar-refractivity contribution in [2.24, 2.45) is 0 Å². The summed E-state index contributed by atoms with van der Waals surface area (Å²) in [5.74, 6) is 0.658. The number of methoxy groups -OCH3 is 1. The summed E-state index contributed by atoms with van der Waals surface area (Å²) in [6, 6.07) is 11.0. The van der Waals surface area contributed by atoms with E-state index in [-0.39, 0.29) is 18.3 Å². The third-order valence-corrected chi connectivity index (χ3v) is 5.68. The van der Waals surface area contributed by atoms with Crippen LogP contribution >= 0.6 is 35.3 Å². The summed E-state index contributed by atoms with van der Waals surface area (Å²) in [6.45, 7) is 3.47. The molecule has 8 heteroatoms. The maximum absolute atomic E-state index is 13.3. The van der Waals surface area contributed by atoms with Crippen LogP contribution in [0.1, 0.15) is 22.3 Å². The average Bonchev–Trinajstić information content (AvgIpc) is 3.08. The van der Waals surface area contributed by atoms with E-state index < -0.39 is 0 Å². The van der Waals surface area contributed by atoms with Crippen LogP contribution in [0.4, 0.5) is 5.13 Å². The lowest BCUT2D eigenvalue weighted by Gasteiger charge is -2.21. The maximum atomic E-state index is 13.3. The molecular formula is C21H25Cl2N3O2S. The second-order valence-electron chi connectivity index (χ2n) is 6.91. The molecule has 0 N–H and O–H groups in total. The smallest absolute Gasteiger partial charge is 0.260 e. The highest BCUT2D eigenvalue weighted by Gasteiger charge is 2.22. The van der Waals surface area contributed by atoms with E-state index >= 15 is 0 Å². The number of fused-ring (bicyclic) bond motifs is 1. The lowest BCUT2D eigenvalue weighted by molar-refractivity contribution is 0.0986. The summed E-state index contributed by atoms with van der Waals surface area (Å²) in [5, 5.41) is 1.38. The fraction of sp³-hybridized carbons (Fsp3) is 0.333. The number of nitrogens with zero attached hydrogens (tertiary/aromatic N) is 3. The molecule has 0 spiro atoms. The molecule has 1 aromatic heterocycles. The normalized spacial score (nSPS) is 10.8. The van der Waals surface area contributed by atoms with Gasteiger partial charge in [0.05, 0.1) is 17.3 Å². The Morgan fingerprint density at radius 3 is 2.48 bits per heavy atom. The number of aromatic nitrogens is 1. The third-order valence-electron chi connectivity index (χ3n) is 4.44. The van der Waals surface area contributed by atoms with Gasteiger partial charge in [-0.3, -0.25) is 9.69 Å². The second kappa shape index (κ2) is 10.3. The summed E-state index contributed by atoms with van der Waals surface area (Å²) in [6.07, 6.45) is 0.852. The predicted octanol–water partition coefficient (Wildman–Crippen LogP) is 5.29. The first-order chi connectivity index (χ1) is 13.4. The molecule has 0 unspecified atom stereocenters. The molecule has 3 rings (SSSR count). The Bertz CT molecular complexity index is 974. The lowest BCUT2D eigenvalue weighted by Crippen LogP contribution is -2.33. The molecule has 0 radical (unpaired) electrons. The Morgan fingerprint density at radius 2 is 1.86 bits per heavy atom. The van der Waals surface area contributed by atoms with Crippen LogP contribution in [0.15, 0.2) is 36.4 Å². The van der Waals surface area contributed by atoms with E-state index in [0.717, 1.165) is 34.5 Å². The van der Waals surface area contributed by atoms with Crippen LogP contribution in [0, 0.1) is 6.92 Å². The highest BCUT2D eigenvalue weighted by Crippen LogP contribution is 2.33. The van der Waals surface area contributed by atoms with Gasteiger partial charge < -0.3 is 9.64 Å². The van der Waals surface area contributed by atoms with E-state index in [2.05, 4.69) is 4.90 Å². The molecule has 0 atom stereocenters. The number of anilines is 1. The van der Waals surface area contributed by atoms with Gasteiger partial charge in [0.15, 0.2) is 5.13 Å². The summed E-state index contributed by atoms with van der Waals surface area (Å²) in [4.78, 5) is 21.9. The number of halogens is 2. The molecular weight excluding hydrogens is 429 g/mol. The molecule has 29 heavy (non-hydrogen) atoms. The first kappa shape index (κ1) is 23.4. The van der Waals surface area contributed by atoms with Gasteiger partial charge >= 0.3 is 0 Å². The van der Waals surface area contributed by atoms with Crippen LogP contribution in [0.3, 0.4) is 0 Å². The van der Waals surface area contributed by atoms with Gasteiger partial charge in [0.1, 0.15) is 5.75 Å². The Balaban J connectivity index is 0.00000300. The van der Waals surface area contributed by atoms with Gasteiger partial charge in [-0.05, 0) is 75.9 Å². The fourth-order valence-corrected chi connectivity index (χ4v) is 4.42. The molecule has 1 amide bonds. The molecule has 0 saturated carbocycles. The number of hydrogen-bond acceptors (Lipinski definition) is 5. The lowest BCUT2D eigenvalue weighted by atomic mass is 10.2. The van der Waals surface area contributed by atoms with Crippen molar-refractivity contribution in [1.29, 1.82) is 0 Å². The molecule has 0 fully saturated rings. The van der Waals surface area contributed by atoms with Crippen molar-refractivity contribution in [3.63, 3.8) is 0 Å². The summed E-state index contributed by atoms with van der Waals surface area (Å²) >= 11 is 7.69. The van der Waals surface area contributed by atoms with Crippen molar-refractivity contribution in [1.82, 2.24) is 9.88 Å². The third kappa shape index (κ3) is 5.60. The van der Waals surface area contributed by atoms with Gasteiger partial charge in [0.2, 0.25) is 0 Å². The quantitative estimate of drug-likeness (QED) is 0.487. The molecule has 0 bridgehead atoms. The van der Waals surface area contributed by atoms with E-state index in [1.807, 2.05) is 33.2 Å². The topological polar surface area (TPSA) is 45.7 Å². The number of rotatable bonds is 7. The van der Waals surface area contributed by atoms with Gasteiger partial charge in [-0.15, -0.1) is 12.4 Å². The zero-order chi connectivity index (χ0) is 20.3. The van der Waals surface area contributed by atoms with Gasteiger partial charge in [0.25, 0.3) is 5.91 Å². The number of thiazole rings is 1. The second-order valence-corrected chi connectivity index (χ2v) is 8.35. The number of carbonyl (C=O) groups is 1.